The lowest BCUT2D eigenvalue weighted by Crippen LogP contribution is -2.25. The Kier molecular flexibility index (Phi) is 3.53. The minimum atomic E-state index is -0.0498. The monoisotopic (exact) mass is 202 g/mol. The summed E-state index contributed by atoms with van der Waals surface area (Å²) in [6.45, 7) is 11.6. The molecule has 0 rings (SSSR count). The SMILES string of the molecule is CC(C)(C)[C](C)(C)[Mg][Br]. The molecule has 0 unspecified atom stereocenters. The van der Waals surface area contributed by atoms with Crippen molar-refractivity contribution in [1.82, 2.24) is 0 Å². The summed E-state index contributed by atoms with van der Waals surface area (Å²) in [5.41, 5.74) is 0.461. The van der Waals surface area contributed by atoms with E-state index in [1.54, 1.807) is 0 Å². The van der Waals surface area contributed by atoms with Crippen LogP contribution in [0, 0.1) is 5.41 Å². The van der Waals surface area contributed by atoms with Gasteiger partial charge >= 0.3 is 18.2 Å². The largest absolute Gasteiger partial charge is 0.475 e. The van der Waals surface area contributed by atoms with E-state index in [1.165, 1.54) is 0 Å². The topological polar surface area (TPSA) is 0 Å². The van der Waals surface area contributed by atoms with Gasteiger partial charge in [-0.15, -0.1) is 3.54 Å². The van der Waals surface area contributed by atoms with Crippen molar-refractivity contribution in [3.8, 4) is 0 Å². The van der Waals surface area contributed by atoms with Gasteiger partial charge in [-0.3, -0.25) is 0 Å². The summed E-state index contributed by atoms with van der Waals surface area (Å²) in [6.07, 6.45) is 0. The Morgan fingerprint density at radius 3 is 1.33 bits per heavy atom. The highest BCUT2D eigenvalue weighted by Gasteiger charge is 2.32. The fraction of sp³-hybridized carbons (Fsp3) is 1.00. The highest BCUT2D eigenvalue weighted by Crippen LogP contribution is 2.44. The quantitative estimate of drug-likeness (QED) is 0.574. The van der Waals surface area contributed by atoms with Crippen LogP contribution in [0.15, 0.2) is 0 Å². The van der Waals surface area contributed by atoms with E-state index in [4.69, 9.17) is 0 Å². The predicted molar refractivity (Wildman–Crippen MR) is 48.2 cm³/mol. The zero-order valence-electron chi connectivity index (χ0n) is 7.09. The van der Waals surface area contributed by atoms with Gasteiger partial charge in [0.05, 0.1) is 0 Å². The van der Waals surface area contributed by atoms with E-state index < -0.39 is 0 Å². The van der Waals surface area contributed by atoms with E-state index in [0.717, 1.165) is 0 Å². The number of rotatable bonds is 1. The van der Waals surface area contributed by atoms with E-state index in [9.17, 15) is 0 Å². The van der Waals surface area contributed by atoms with Crippen LogP contribution in [0.4, 0.5) is 0 Å². The summed E-state index contributed by atoms with van der Waals surface area (Å²) in [7, 11) is 0. The lowest BCUT2D eigenvalue weighted by atomic mass is 9.82. The van der Waals surface area contributed by atoms with Crippen molar-refractivity contribution in [3.63, 3.8) is 0 Å². The van der Waals surface area contributed by atoms with Crippen LogP contribution >= 0.6 is 12.9 Å². The molecule has 52 valence electrons. The third kappa shape index (κ3) is 2.77. The summed E-state index contributed by atoms with van der Waals surface area (Å²) in [5, 5.41) is 0. The van der Waals surface area contributed by atoms with Crippen molar-refractivity contribution in [2.45, 2.75) is 38.2 Å². The molecule has 0 saturated heterocycles. The van der Waals surface area contributed by atoms with Crippen LogP contribution in [-0.2, 0) is 0 Å². The number of halogens is 1. The molecule has 2 heteroatoms. The molecule has 0 aromatic carbocycles. The first-order valence-electron chi connectivity index (χ1n) is 3.37. The van der Waals surface area contributed by atoms with Gasteiger partial charge in [0.25, 0.3) is 0 Å². The second kappa shape index (κ2) is 3.10. The average molecular weight is 203 g/mol. The highest BCUT2D eigenvalue weighted by molar-refractivity contribution is 9.23. The summed E-state index contributed by atoms with van der Waals surface area (Å²) in [5.74, 6) is 0. The zero-order valence-corrected chi connectivity index (χ0v) is 10.1. The third-order valence-corrected chi connectivity index (χ3v) is 8.30. The third-order valence-electron chi connectivity index (χ3n) is 2.36. The second-order valence-electron chi connectivity index (χ2n) is 4.27. The van der Waals surface area contributed by atoms with E-state index in [1.807, 2.05) is 0 Å². The fourth-order valence-corrected chi connectivity index (χ4v) is 3.12. The van der Waals surface area contributed by atoms with Crippen LogP contribution in [0.3, 0.4) is 0 Å². The molecule has 0 aliphatic carbocycles. The Balaban J connectivity index is 4.14. The maximum Gasteiger partial charge on any atom is 0.475 e. The van der Waals surface area contributed by atoms with E-state index in [2.05, 4.69) is 47.5 Å². The molecule has 0 N–H and O–H groups in total. The van der Waals surface area contributed by atoms with Crippen molar-refractivity contribution in [3.05, 3.63) is 0 Å². The van der Waals surface area contributed by atoms with Crippen LogP contribution in [-0.4, -0.2) is 18.2 Å². The van der Waals surface area contributed by atoms with E-state index >= 15 is 0 Å². The summed E-state index contributed by atoms with van der Waals surface area (Å²) >= 11 is 3.60. The van der Waals surface area contributed by atoms with Gasteiger partial charge in [0, 0.05) is 0 Å². The Labute approximate surface area is 74.4 Å². The van der Waals surface area contributed by atoms with Gasteiger partial charge in [0.1, 0.15) is 0 Å². The minimum absolute atomic E-state index is 0.0498. The van der Waals surface area contributed by atoms with Crippen LogP contribution in [0.1, 0.15) is 34.6 Å². The molecule has 0 nitrogen and oxygen atoms in total. The van der Waals surface area contributed by atoms with Crippen LogP contribution in [0.2, 0.25) is 3.54 Å². The summed E-state index contributed by atoms with van der Waals surface area (Å²) in [6, 6.07) is 0. The zero-order chi connectivity index (χ0) is 7.71. The summed E-state index contributed by atoms with van der Waals surface area (Å²) < 4.78 is 0.535. The van der Waals surface area contributed by atoms with Crippen molar-refractivity contribution >= 4 is 31.1 Å². The normalized spacial score (nSPS) is 13.1. The van der Waals surface area contributed by atoms with Crippen LogP contribution in [0.5, 0.6) is 0 Å². The number of hydrogen-bond donors (Lipinski definition) is 0. The second-order valence-corrected chi connectivity index (χ2v) is 7.98. The van der Waals surface area contributed by atoms with Crippen LogP contribution in [0.25, 0.3) is 0 Å². The molecular formula is C7H15BrMg. The van der Waals surface area contributed by atoms with Crippen molar-refractivity contribution in [2.24, 2.45) is 5.41 Å². The van der Waals surface area contributed by atoms with Crippen molar-refractivity contribution < 1.29 is 0 Å². The Bertz CT molecular complexity index is 91.6. The summed E-state index contributed by atoms with van der Waals surface area (Å²) in [4.78, 5) is 0. The molecule has 0 aliphatic heterocycles. The lowest BCUT2D eigenvalue weighted by molar-refractivity contribution is 0.302. The van der Waals surface area contributed by atoms with Gasteiger partial charge in [0.15, 0.2) is 0 Å². The van der Waals surface area contributed by atoms with Gasteiger partial charge < -0.3 is 12.9 Å². The molecule has 0 aliphatic rings. The molecule has 0 bridgehead atoms. The maximum atomic E-state index is 3.65. The first-order valence-corrected chi connectivity index (χ1v) is 7.98. The molecule has 0 radical (unpaired) electrons. The van der Waals surface area contributed by atoms with Gasteiger partial charge in [-0.05, 0) is 0 Å². The first kappa shape index (κ1) is 10.2. The average Bonchev–Trinajstić information content (AvgIpc) is 1.64. The van der Waals surface area contributed by atoms with E-state index in [-0.39, 0.29) is 18.2 Å². The highest BCUT2D eigenvalue weighted by atomic mass is 79.9. The molecular weight excluding hydrogens is 188 g/mol. The molecule has 0 aromatic rings. The molecule has 0 fully saturated rings. The van der Waals surface area contributed by atoms with Gasteiger partial charge in [-0.2, -0.15) is 0 Å². The lowest BCUT2D eigenvalue weighted by Gasteiger charge is -2.37. The molecule has 9 heavy (non-hydrogen) atoms. The molecule has 0 heterocycles. The molecule has 0 aromatic heterocycles. The van der Waals surface area contributed by atoms with Crippen molar-refractivity contribution in [1.29, 1.82) is 0 Å². The molecule has 0 amide bonds. The minimum Gasteiger partial charge on any atom is -0.306 e. The molecule has 0 atom stereocenters. The van der Waals surface area contributed by atoms with Crippen LogP contribution < -0.4 is 0 Å². The predicted octanol–water partition coefficient (Wildman–Crippen LogP) is 3.25. The van der Waals surface area contributed by atoms with Gasteiger partial charge in [-0.1, -0.05) is 40.0 Å². The molecule has 0 spiro atoms. The first-order chi connectivity index (χ1) is 3.81. The van der Waals surface area contributed by atoms with Crippen molar-refractivity contribution in [2.75, 3.05) is 0 Å². The van der Waals surface area contributed by atoms with E-state index in [0.29, 0.717) is 8.96 Å². The van der Waals surface area contributed by atoms with Gasteiger partial charge in [0.2, 0.25) is 0 Å². The Morgan fingerprint density at radius 2 is 1.33 bits per heavy atom. The molecule has 0 saturated carbocycles. The Hall–Kier alpha value is 1.25. The number of hydrogen-bond acceptors (Lipinski definition) is 0. The smallest absolute Gasteiger partial charge is 0.306 e. The Morgan fingerprint density at radius 1 is 1.00 bits per heavy atom. The maximum absolute atomic E-state index is 3.65. The van der Waals surface area contributed by atoms with Gasteiger partial charge in [-0.25, -0.2) is 0 Å². The standard InChI is InChI=1S/C7H15.BrH.Mg/c1-6(2)7(3,4)5;;/h1-5H3;1H;/q;;+1/p-1. The fourth-order valence-electron chi connectivity index (χ4n) is 0.200.